The minimum atomic E-state index is 0.643. The Morgan fingerprint density at radius 1 is 1.00 bits per heavy atom. The Kier molecular flexibility index (Phi) is 5.43. The van der Waals surface area contributed by atoms with Gasteiger partial charge in [0.25, 0.3) is 0 Å². The molecule has 1 N–H and O–H groups in total. The summed E-state index contributed by atoms with van der Waals surface area (Å²) in [5, 5.41) is 4.70. The van der Waals surface area contributed by atoms with Crippen molar-refractivity contribution in [2.24, 2.45) is 5.92 Å². The van der Waals surface area contributed by atoms with Crippen molar-refractivity contribution >= 4 is 11.8 Å². The van der Waals surface area contributed by atoms with Crippen LogP contribution in [0.5, 0.6) is 0 Å². The van der Waals surface area contributed by atoms with Gasteiger partial charge in [-0.25, -0.2) is 19.9 Å². The summed E-state index contributed by atoms with van der Waals surface area (Å²) < 4.78 is 0. The van der Waals surface area contributed by atoms with E-state index in [0.717, 1.165) is 24.2 Å². The fraction of sp³-hybridized carbons (Fsp3) is 0.429. The Morgan fingerprint density at radius 3 is 2.10 bits per heavy atom. The van der Waals surface area contributed by atoms with Gasteiger partial charge in [0, 0.05) is 36.9 Å². The summed E-state index contributed by atoms with van der Waals surface area (Å²) in [6, 6.07) is 0. The lowest BCUT2D eigenvalue weighted by Gasteiger charge is -2.07. The molecule has 0 aliphatic heterocycles. The van der Waals surface area contributed by atoms with Crippen molar-refractivity contribution in [3.05, 3.63) is 35.9 Å². The van der Waals surface area contributed by atoms with E-state index in [1.807, 2.05) is 19.3 Å². The van der Waals surface area contributed by atoms with Gasteiger partial charge in [-0.05, 0) is 36.7 Å². The molecule has 2 heterocycles. The predicted molar refractivity (Wildman–Crippen MR) is 79.5 cm³/mol. The molecule has 0 aliphatic rings. The van der Waals surface area contributed by atoms with Gasteiger partial charge in [0.2, 0.25) is 0 Å². The minimum absolute atomic E-state index is 0.643. The molecule has 2 aromatic heterocycles. The Balaban J connectivity index is 1.89. The van der Waals surface area contributed by atoms with Crippen LogP contribution in [0.2, 0.25) is 0 Å². The topological polar surface area (TPSA) is 63.6 Å². The molecule has 0 saturated heterocycles. The van der Waals surface area contributed by atoms with E-state index in [-0.39, 0.29) is 0 Å². The van der Waals surface area contributed by atoms with Gasteiger partial charge in [-0.3, -0.25) is 0 Å². The van der Waals surface area contributed by atoms with E-state index in [2.05, 4.69) is 39.1 Å². The Bertz CT molecular complexity index is 524. The summed E-state index contributed by atoms with van der Waals surface area (Å²) in [6.45, 7) is 8.12. The average molecular weight is 289 g/mol. The van der Waals surface area contributed by atoms with Crippen molar-refractivity contribution < 1.29 is 0 Å². The maximum Gasteiger partial charge on any atom is 0.195 e. The molecule has 0 atom stereocenters. The molecule has 20 heavy (non-hydrogen) atoms. The average Bonchev–Trinajstić information content (AvgIpc) is 2.43. The van der Waals surface area contributed by atoms with Crippen LogP contribution in [0, 0.1) is 12.8 Å². The number of hydrogen-bond donors (Lipinski definition) is 1. The molecule has 0 spiro atoms. The van der Waals surface area contributed by atoms with Gasteiger partial charge in [-0.15, -0.1) is 0 Å². The highest BCUT2D eigenvalue weighted by Gasteiger charge is 2.03. The van der Waals surface area contributed by atoms with E-state index in [1.165, 1.54) is 11.8 Å². The lowest BCUT2D eigenvalue weighted by atomic mass is 10.2. The molecule has 0 bridgehead atoms. The van der Waals surface area contributed by atoms with Crippen molar-refractivity contribution in [2.45, 2.75) is 37.6 Å². The van der Waals surface area contributed by atoms with E-state index in [0.29, 0.717) is 16.2 Å². The van der Waals surface area contributed by atoms with Crippen LogP contribution < -0.4 is 5.32 Å². The van der Waals surface area contributed by atoms with E-state index in [9.17, 15) is 0 Å². The number of nitrogens with one attached hydrogen (secondary N) is 1. The molecule has 2 aromatic rings. The molecule has 106 valence electrons. The van der Waals surface area contributed by atoms with Crippen LogP contribution in [0.25, 0.3) is 0 Å². The number of aryl methyl sites for hydroxylation is 1. The highest BCUT2D eigenvalue weighted by Crippen LogP contribution is 2.19. The zero-order chi connectivity index (χ0) is 14.4. The van der Waals surface area contributed by atoms with Crippen LogP contribution in [0.3, 0.4) is 0 Å². The fourth-order valence-electron chi connectivity index (χ4n) is 1.51. The van der Waals surface area contributed by atoms with Gasteiger partial charge in [0.05, 0.1) is 0 Å². The smallest absolute Gasteiger partial charge is 0.195 e. The zero-order valence-corrected chi connectivity index (χ0v) is 12.8. The monoisotopic (exact) mass is 289 g/mol. The molecule has 0 amide bonds. The van der Waals surface area contributed by atoms with Crippen LogP contribution in [0.1, 0.15) is 25.0 Å². The molecule has 6 heteroatoms. The van der Waals surface area contributed by atoms with Crippen molar-refractivity contribution in [3.8, 4) is 0 Å². The second kappa shape index (κ2) is 7.31. The summed E-state index contributed by atoms with van der Waals surface area (Å²) in [4.78, 5) is 17.1. The first-order chi connectivity index (χ1) is 9.63. The van der Waals surface area contributed by atoms with Crippen LogP contribution in [0.4, 0.5) is 0 Å². The molecule has 5 nitrogen and oxygen atoms in total. The van der Waals surface area contributed by atoms with E-state index in [1.54, 1.807) is 12.4 Å². The molecule has 0 aliphatic carbocycles. The highest BCUT2D eigenvalue weighted by molar-refractivity contribution is 7.99. The third-order valence-electron chi connectivity index (χ3n) is 2.50. The maximum atomic E-state index is 4.33. The highest BCUT2D eigenvalue weighted by atomic mass is 32.2. The molecular weight excluding hydrogens is 270 g/mol. The van der Waals surface area contributed by atoms with Gasteiger partial charge >= 0.3 is 0 Å². The van der Waals surface area contributed by atoms with Crippen molar-refractivity contribution in [1.29, 1.82) is 0 Å². The van der Waals surface area contributed by atoms with Crippen LogP contribution in [-0.2, 0) is 6.54 Å². The standard InChI is InChI=1S/C14H19N5S/c1-10(2)4-15-7-12-8-18-14(19-9-12)20-13-16-5-11(3)6-17-13/h5-6,8-10,15H,4,7H2,1-3H3. The summed E-state index contributed by atoms with van der Waals surface area (Å²) in [6.07, 6.45) is 7.27. The third-order valence-corrected chi connectivity index (χ3v) is 3.29. The third kappa shape index (κ3) is 4.86. The minimum Gasteiger partial charge on any atom is -0.312 e. The second-order valence-electron chi connectivity index (χ2n) is 5.04. The molecule has 0 saturated carbocycles. The first-order valence-electron chi connectivity index (χ1n) is 6.61. The predicted octanol–water partition coefficient (Wildman–Crippen LogP) is 2.47. The maximum absolute atomic E-state index is 4.33. The van der Waals surface area contributed by atoms with Gasteiger partial charge < -0.3 is 5.32 Å². The molecule has 0 radical (unpaired) electrons. The van der Waals surface area contributed by atoms with E-state index < -0.39 is 0 Å². The van der Waals surface area contributed by atoms with Gasteiger partial charge in [0.1, 0.15) is 0 Å². The van der Waals surface area contributed by atoms with Crippen LogP contribution in [0.15, 0.2) is 35.1 Å². The molecular formula is C14H19N5S. The molecule has 2 rings (SSSR count). The Hall–Kier alpha value is -1.53. The van der Waals surface area contributed by atoms with Crippen LogP contribution >= 0.6 is 11.8 Å². The summed E-state index contributed by atoms with van der Waals surface area (Å²) >= 11 is 1.37. The Labute approximate surface area is 123 Å². The Morgan fingerprint density at radius 2 is 1.55 bits per heavy atom. The number of aromatic nitrogens is 4. The quantitative estimate of drug-likeness (QED) is 0.824. The van der Waals surface area contributed by atoms with Crippen molar-refractivity contribution in [1.82, 2.24) is 25.3 Å². The van der Waals surface area contributed by atoms with E-state index >= 15 is 0 Å². The normalized spacial score (nSPS) is 11.0. The lowest BCUT2D eigenvalue weighted by Crippen LogP contribution is -2.19. The number of nitrogens with zero attached hydrogens (tertiary/aromatic N) is 4. The lowest BCUT2D eigenvalue weighted by molar-refractivity contribution is 0.550. The van der Waals surface area contributed by atoms with E-state index in [4.69, 9.17) is 0 Å². The van der Waals surface area contributed by atoms with Crippen molar-refractivity contribution in [3.63, 3.8) is 0 Å². The van der Waals surface area contributed by atoms with Crippen molar-refractivity contribution in [2.75, 3.05) is 6.54 Å². The molecule has 0 unspecified atom stereocenters. The fourth-order valence-corrected chi connectivity index (χ4v) is 2.09. The SMILES string of the molecule is Cc1cnc(Sc2ncc(CNCC(C)C)cn2)nc1. The summed E-state index contributed by atoms with van der Waals surface area (Å²) in [5.41, 5.74) is 2.13. The summed E-state index contributed by atoms with van der Waals surface area (Å²) in [7, 11) is 0. The van der Waals surface area contributed by atoms with Gasteiger partial charge in [0.15, 0.2) is 10.3 Å². The van der Waals surface area contributed by atoms with Gasteiger partial charge in [-0.1, -0.05) is 13.8 Å². The van der Waals surface area contributed by atoms with Crippen LogP contribution in [-0.4, -0.2) is 26.5 Å². The first kappa shape index (κ1) is 14.9. The second-order valence-corrected chi connectivity index (χ2v) is 5.98. The zero-order valence-electron chi connectivity index (χ0n) is 12.0. The number of hydrogen-bond acceptors (Lipinski definition) is 6. The molecule has 0 fully saturated rings. The van der Waals surface area contributed by atoms with Gasteiger partial charge in [-0.2, -0.15) is 0 Å². The summed E-state index contributed by atoms with van der Waals surface area (Å²) in [5.74, 6) is 0.643. The first-order valence-corrected chi connectivity index (χ1v) is 7.43. The number of rotatable bonds is 6. The largest absolute Gasteiger partial charge is 0.312 e. The molecule has 0 aromatic carbocycles.